The molecule has 1 aromatic carbocycles. The molecule has 4 bridgehead atoms. The van der Waals surface area contributed by atoms with E-state index in [0.717, 1.165) is 16.7 Å². The van der Waals surface area contributed by atoms with Crippen LogP contribution in [0, 0.1) is 28.6 Å². The highest BCUT2D eigenvalue weighted by molar-refractivity contribution is 5.87. The fraction of sp³-hybridized carbons (Fsp3) is 0.571. The fourth-order valence-corrected chi connectivity index (χ4v) is 8.17. The van der Waals surface area contributed by atoms with Crippen molar-refractivity contribution in [3.8, 4) is 11.5 Å². The second kappa shape index (κ2) is 7.59. The van der Waals surface area contributed by atoms with Crippen molar-refractivity contribution in [3.05, 3.63) is 47.6 Å². The summed E-state index contributed by atoms with van der Waals surface area (Å²) in [7, 11) is 3.15. The van der Waals surface area contributed by atoms with Crippen LogP contribution in [0.15, 0.2) is 42.0 Å². The molecular weight excluding hydrogens is 462 g/mol. The normalized spacial score (nSPS) is 41.8. The zero-order valence-corrected chi connectivity index (χ0v) is 20.9. The lowest BCUT2D eigenvalue weighted by Gasteiger charge is -2.42. The van der Waals surface area contributed by atoms with E-state index in [1.165, 1.54) is 0 Å². The van der Waals surface area contributed by atoms with Crippen LogP contribution < -0.4 is 14.8 Å². The molecule has 3 N–H and O–H groups in total. The van der Waals surface area contributed by atoms with E-state index < -0.39 is 46.4 Å². The zero-order valence-electron chi connectivity index (χ0n) is 20.9. The van der Waals surface area contributed by atoms with Crippen LogP contribution in [0.4, 0.5) is 0 Å². The number of hydrogen-bond donors (Lipinski definition) is 3. The number of carbonyl (C=O) groups is 2. The molecule has 4 aliphatic carbocycles. The number of fused-ring (bicyclic) bond motifs is 6. The summed E-state index contributed by atoms with van der Waals surface area (Å²) < 4.78 is 16.3. The first-order valence-electron chi connectivity index (χ1n) is 12.6. The van der Waals surface area contributed by atoms with E-state index in [0.29, 0.717) is 37.2 Å². The number of aliphatic hydroxyl groups is 2. The lowest BCUT2D eigenvalue weighted by atomic mass is 9.60. The molecule has 5 aliphatic rings. The summed E-state index contributed by atoms with van der Waals surface area (Å²) in [5.41, 5.74) is -0.192. The van der Waals surface area contributed by atoms with Crippen molar-refractivity contribution in [2.75, 3.05) is 14.2 Å². The highest BCUT2D eigenvalue weighted by Crippen LogP contribution is 2.74. The van der Waals surface area contributed by atoms with Gasteiger partial charge in [0.1, 0.15) is 29.1 Å². The minimum absolute atomic E-state index is 0.0251. The summed E-state index contributed by atoms with van der Waals surface area (Å²) in [5, 5.41) is 25.6. The molecule has 1 unspecified atom stereocenters. The Bertz CT molecular complexity index is 1210. The molecular formula is C28H33NO7. The van der Waals surface area contributed by atoms with E-state index in [2.05, 4.69) is 11.9 Å². The summed E-state index contributed by atoms with van der Waals surface area (Å²) in [4.78, 5) is 27.2. The molecule has 0 aromatic heterocycles. The summed E-state index contributed by atoms with van der Waals surface area (Å²) in [6.07, 6.45) is 2.43. The van der Waals surface area contributed by atoms with Gasteiger partial charge in [-0.15, -0.1) is 0 Å². The van der Waals surface area contributed by atoms with E-state index in [1.54, 1.807) is 27.2 Å². The Morgan fingerprint density at radius 2 is 2.08 bits per heavy atom. The Labute approximate surface area is 210 Å². The number of allylic oxidation sites excluding steroid dienone is 1. The predicted molar refractivity (Wildman–Crippen MR) is 129 cm³/mol. The maximum atomic E-state index is 14.1. The van der Waals surface area contributed by atoms with Crippen molar-refractivity contribution in [1.29, 1.82) is 0 Å². The van der Waals surface area contributed by atoms with Gasteiger partial charge in [-0.3, -0.25) is 9.59 Å². The molecule has 1 amide bonds. The smallest absolute Gasteiger partial charge is 0.315 e. The third-order valence-electron chi connectivity index (χ3n) is 9.92. The number of ether oxygens (including phenoxy) is 3. The van der Waals surface area contributed by atoms with Crippen LogP contribution in [0.3, 0.4) is 0 Å². The van der Waals surface area contributed by atoms with Crippen LogP contribution in [0.2, 0.25) is 0 Å². The highest BCUT2D eigenvalue weighted by atomic mass is 16.6. The van der Waals surface area contributed by atoms with Gasteiger partial charge in [-0.1, -0.05) is 12.2 Å². The molecule has 192 valence electrons. The van der Waals surface area contributed by atoms with Gasteiger partial charge in [-0.2, -0.15) is 0 Å². The lowest BCUT2D eigenvalue weighted by Crippen LogP contribution is -2.52. The number of methoxy groups -OCH3 is 2. The van der Waals surface area contributed by atoms with E-state index >= 15 is 0 Å². The Morgan fingerprint density at radius 1 is 1.31 bits per heavy atom. The molecule has 8 heteroatoms. The average molecular weight is 496 g/mol. The molecule has 8 nitrogen and oxygen atoms in total. The van der Waals surface area contributed by atoms with Gasteiger partial charge in [0.05, 0.1) is 25.7 Å². The standard InChI is InChI=1S/C28H33NO7/c1-14-11-27-13-28(14,33)8-7-18(27)17-10-20-23(30)26(2,25(32)36-20)21(17)22(27)24(31)29-12-15-5-6-16(34-3)9-19(15)35-4/h5-6,9-10,18,20-23,30,33H,1,7-8,11-13H2,2-4H3,(H,29,31)/t18-,20+,21?,22+,23-,26-,27-,28-/m0/s1. The van der Waals surface area contributed by atoms with Crippen LogP contribution in [0.1, 0.15) is 38.2 Å². The van der Waals surface area contributed by atoms with E-state index in [1.807, 2.05) is 18.2 Å². The fourth-order valence-electron chi connectivity index (χ4n) is 8.17. The molecule has 8 atom stereocenters. The number of nitrogens with one attached hydrogen (secondary N) is 1. The van der Waals surface area contributed by atoms with Gasteiger partial charge in [-0.05, 0) is 67.7 Å². The molecule has 6 rings (SSSR count). The molecule has 1 aliphatic heterocycles. The van der Waals surface area contributed by atoms with Gasteiger partial charge in [-0.25, -0.2) is 0 Å². The van der Waals surface area contributed by atoms with E-state index in [9.17, 15) is 19.8 Å². The third-order valence-corrected chi connectivity index (χ3v) is 9.92. The highest BCUT2D eigenvalue weighted by Gasteiger charge is 2.75. The van der Waals surface area contributed by atoms with Gasteiger partial charge < -0.3 is 29.7 Å². The number of aliphatic hydroxyl groups excluding tert-OH is 1. The second-order valence-electron chi connectivity index (χ2n) is 11.4. The number of carbonyl (C=O) groups excluding carboxylic acids is 2. The van der Waals surface area contributed by atoms with Crippen molar-refractivity contribution >= 4 is 11.9 Å². The van der Waals surface area contributed by atoms with Crippen molar-refractivity contribution in [3.63, 3.8) is 0 Å². The van der Waals surface area contributed by atoms with Gasteiger partial charge >= 0.3 is 5.97 Å². The van der Waals surface area contributed by atoms with E-state index in [4.69, 9.17) is 14.2 Å². The molecule has 1 heterocycles. The summed E-state index contributed by atoms with van der Waals surface area (Å²) in [6.45, 7) is 6.15. The lowest BCUT2D eigenvalue weighted by molar-refractivity contribution is -0.151. The minimum Gasteiger partial charge on any atom is -0.497 e. The summed E-state index contributed by atoms with van der Waals surface area (Å²) in [5.74, 6) is -0.508. The minimum atomic E-state index is -1.22. The van der Waals surface area contributed by atoms with Gasteiger partial charge in [0.2, 0.25) is 5.91 Å². The third kappa shape index (κ3) is 2.83. The first-order chi connectivity index (χ1) is 17.1. The summed E-state index contributed by atoms with van der Waals surface area (Å²) >= 11 is 0. The number of rotatable bonds is 5. The Morgan fingerprint density at radius 3 is 2.81 bits per heavy atom. The maximum Gasteiger partial charge on any atom is 0.315 e. The van der Waals surface area contributed by atoms with Crippen molar-refractivity contribution in [1.82, 2.24) is 5.32 Å². The second-order valence-corrected chi connectivity index (χ2v) is 11.4. The van der Waals surface area contributed by atoms with Crippen molar-refractivity contribution in [2.24, 2.45) is 28.6 Å². The number of benzene rings is 1. The quantitative estimate of drug-likeness (QED) is 0.424. The summed E-state index contributed by atoms with van der Waals surface area (Å²) in [6, 6.07) is 5.42. The molecule has 1 aromatic rings. The topological polar surface area (TPSA) is 114 Å². The van der Waals surface area contributed by atoms with Crippen LogP contribution in [-0.4, -0.2) is 54.1 Å². The zero-order chi connectivity index (χ0) is 25.6. The number of esters is 1. The molecule has 36 heavy (non-hydrogen) atoms. The molecule has 3 saturated carbocycles. The Balaban J connectivity index is 1.40. The van der Waals surface area contributed by atoms with Gasteiger partial charge in [0.15, 0.2) is 0 Å². The largest absolute Gasteiger partial charge is 0.497 e. The maximum absolute atomic E-state index is 14.1. The molecule has 4 fully saturated rings. The molecule has 1 saturated heterocycles. The van der Waals surface area contributed by atoms with Gasteiger partial charge in [0, 0.05) is 24.1 Å². The first kappa shape index (κ1) is 23.6. The first-order valence-corrected chi connectivity index (χ1v) is 12.6. The Kier molecular flexibility index (Phi) is 4.96. The predicted octanol–water partition coefficient (Wildman–Crippen LogP) is 2.28. The number of amides is 1. The van der Waals surface area contributed by atoms with Crippen molar-refractivity contribution in [2.45, 2.75) is 57.0 Å². The van der Waals surface area contributed by atoms with E-state index in [-0.39, 0.29) is 18.4 Å². The number of hydrogen-bond acceptors (Lipinski definition) is 7. The molecule has 0 radical (unpaired) electrons. The van der Waals surface area contributed by atoms with Crippen LogP contribution >= 0.6 is 0 Å². The Hall–Kier alpha value is -2.84. The van der Waals surface area contributed by atoms with Crippen LogP contribution in [0.5, 0.6) is 11.5 Å². The van der Waals surface area contributed by atoms with Gasteiger partial charge in [0.25, 0.3) is 0 Å². The monoisotopic (exact) mass is 495 g/mol. The molecule has 1 spiro atoms. The average Bonchev–Trinajstić information content (AvgIpc) is 3.30. The van der Waals surface area contributed by atoms with Crippen molar-refractivity contribution < 1.29 is 34.0 Å². The van der Waals surface area contributed by atoms with Crippen LogP contribution in [-0.2, 0) is 20.9 Å². The SMILES string of the molecule is C=C1C[C@]23C[C@@]1(O)CC[C@H]2C1=C[C@H]2OC(=O)[C@@](C)(C1[C@@H]3C(=O)NCc1ccc(OC)cc1OC)[C@H]2O. The van der Waals surface area contributed by atoms with Crippen LogP contribution in [0.25, 0.3) is 0 Å².